The van der Waals surface area contributed by atoms with Gasteiger partial charge in [-0.05, 0) is 18.2 Å². The van der Waals surface area contributed by atoms with Gasteiger partial charge in [0.25, 0.3) is 0 Å². The molecule has 0 aliphatic carbocycles. The summed E-state index contributed by atoms with van der Waals surface area (Å²) in [6.45, 7) is -0.942. The molecule has 9 heteroatoms. The third-order valence-electron chi connectivity index (χ3n) is 3.30. The van der Waals surface area contributed by atoms with Crippen LogP contribution in [0.15, 0.2) is 42.5 Å². The fraction of sp³-hybridized carbons (Fsp3) is 0.188. The predicted molar refractivity (Wildman–Crippen MR) is 86.6 cm³/mol. The summed E-state index contributed by atoms with van der Waals surface area (Å²) in [4.78, 5) is 12.0. The molecule has 2 rings (SSSR count). The van der Waals surface area contributed by atoms with Gasteiger partial charge in [0.15, 0.2) is 11.6 Å². The fourth-order valence-electron chi connectivity index (χ4n) is 2.04. The average Bonchev–Trinajstić information content (AvgIpc) is 2.51. The third kappa shape index (κ3) is 5.30. The molecule has 0 fully saturated rings. The summed E-state index contributed by atoms with van der Waals surface area (Å²) in [5.74, 6) is -3.59. The van der Waals surface area contributed by atoms with Gasteiger partial charge in [-0.3, -0.25) is 4.79 Å². The van der Waals surface area contributed by atoms with Gasteiger partial charge in [0.2, 0.25) is 15.9 Å². The molecule has 0 spiro atoms. The van der Waals surface area contributed by atoms with Gasteiger partial charge >= 0.3 is 0 Å². The van der Waals surface area contributed by atoms with Crippen LogP contribution in [0, 0.1) is 17.5 Å². The van der Waals surface area contributed by atoms with E-state index in [4.69, 9.17) is 0 Å². The van der Waals surface area contributed by atoms with Crippen molar-refractivity contribution in [1.29, 1.82) is 0 Å². The average molecular weight is 372 g/mol. The molecule has 2 aromatic carbocycles. The Morgan fingerprint density at radius 2 is 1.72 bits per heavy atom. The SMILES string of the molecule is CS(=O)(=O)N(CC(=O)Nc1ccc(F)c(F)c1)Cc1ccccc1F. The Bertz CT molecular complexity index is 888. The number of carbonyl (C=O) groups is 1. The van der Waals surface area contributed by atoms with Gasteiger partial charge in [-0.25, -0.2) is 21.6 Å². The molecule has 1 amide bonds. The third-order valence-corrected chi connectivity index (χ3v) is 4.49. The predicted octanol–water partition coefficient (Wildman–Crippen LogP) is 2.50. The highest BCUT2D eigenvalue weighted by atomic mass is 32.2. The van der Waals surface area contributed by atoms with Crippen molar-refractivity contribution in [3.05, 3.63) is 65.5 Å². The van der Waals surface area contributed by atoms with E-state index in [2.05, 4.69) is 5.32 Å². The molecule has 0 saturated heterocycles. The van der Waals surface area contributed by atoms with Crippen LogP contribution in [0.5, 0.6) is 0 Å². The molecule has 0 aliphatic heterocycles. The topological polar surface area (TPSA) is 66.5 Å². The van der Waals surface area contributed by atoms with Gasteiger partial charge in [0, 0.05) is 23.9 Å². The second-order valence-corrected chi connectivity index (χ2v) is 7.28. The number of amides is 1. The van der Waals surface area contributed by atoms with E-state index in [0.29, 0.717) is 0 Å². The minimum absolute atomic E-state index is 0.0248. The lowest BCUT2D eigenvalue weighted by atomic mass is 10.2. The van der Waals surface area contributed by atoms with Gasteiger partial charge < -0.3 is 5.32 Å². The highest BCUT2D eigenvalue weighted by Crippen LogP contribution is 2.15. The molecule has 0 aromatic heterocycles. The van der Waals surface area contributed by atoms with E-state index in [1.165, 1.54) is 18.2 Å². The van der Waals surface area contributed by atoms with E-state index in [1.807, 2.05) is 0 Å². The number of carbonyl (C=O) groups excluding carboxylic acids is 1. The normalized spacial score (nSPS) is 11.6. The van der Waals surface area contributed by atoms with Gasteiger partial charge in [-0.1, -0.05) is 18.2 Å². The molecule has 0 unspecified atom stereocenters. The zero-order chi connectivity index (χ0) is 18.6. The Labute approximate surface area is 143 Å². The first-order valence-electron chi connectivity index (χ1n) is 7.10. The van der Waals surface area contributed by atoms with Gasteiger partial charge in [-0.15, -0.1) is 0 Å². The number of halogens is 3. The van der Waals surface area contributed by atoms with E-state index >= 15 is 0 Å². The molecule has 134 valence electrons. The van der Waals surface area contributed by atoms with Crippen molar-refractivity contribution >= 4 is 21.6 Å². The molecule has 1 N–H and O–H groups in total. The Kier molecular flexibility index (Phi) is 5.81. The summed E-state index contributed by atoms with van der Waals surface area (Å²) >= 11 is 0. The second-order valence-electron chi connectivity index (χ2n) is 5.30. The minimum Gasteiger partial charge on any atom is -0.325 e. The van der Waals surface area contributed by atoms with Gasteiger partial charge in [0.1, 0.15) is 5.82 Å². The Hall–Kier alpha value is -2.39. The lowest BCUT2D eigenvalue weighted by Crippen LogP contribution is -2.37. The van der Waals surface area contributed by atoms with Gasteiger partial charge in [0.05, 0.1) is 12.8 Å². The van der Waals surface area contributed by atoms with Crippen molar-refractivity contribution < 1.29 is 26.4 Å². The number of hydrogen-bond acceptors (Lipinski definition) is 3. The monoisotopic (exact) mass is 372 g/mol. The van der Waals surface area contributed by atoms with Crippen LogP contribution in [0.3, 0.4) is 0 Å². The van der Waals surface area contributed by atoms with E-state index < -0.39 is 39.9 Å². The summed E-state index contributed by atoms with van der Waals surface area (Å²) in [5.41, 5.74) is 0.0804. The number of rotatable bonds is 6. The van der Waals surface area contributed by atoms with E-state index in [9.17, 15) is 26.4 Å². The van der Waals surface area contributed by atoms with Crippen molar-refractivity contribution in [3.8, 4) is 0 Å². The van der Waals surface area contributed by atoms with Crippen LogP contribution in [-0.2, 0) is 21.4 Å². The smallest absolute Gasteiger partial charge is 0.239 e. The number of anilines is 1. The summed E-state index contributed by atoms with van der Waals surface area (Å²) in [6.07, 6.45) is 0.888. The van der Waals surface area contributed by atoms with Crippen LogP contribution in [-0.4, -0.2) is 31.4 Å². The van der Waals surface area contributed by atoms with E-state index in [-0.39, 0.29) is 17.8 Å². The summed E-state index contributed by atoms with van der Waals surface area (Å²) in [7, 11) is -3.81. The van der Waals surface area contributed by atoms with Crippen LogP contribution in [0.4, 0.5) is 18.9 Å². The number of benzene rings is 2. The number of nitrogens with zero attached hydrogens (tertiary/aromatic N) is 1. The molecule has 0 bridgehead atoms. The zero-order valence-corrected chi connectivity index (χ0v) is 14.0. The molecule has 0 aliphatic rings. The highest BCUT2D eigenvalue weighted by Gasteiger charge is 2.22. The fourth-order valence-corrected chi connectivity index (χ4v) is 2.77. The van der Waals surface area contributed by atoms with Gasteiger partial charge in [-0.2, -0.15) is 4.31 Å². The molecule has 0 saturated carbocycles. The first-order chi connectivity index (χ1) is 11.7. The first kappa shape index (κ1) is 18.9. The van der Waals surface area contributed by atoms with Crippen LogP contribution in [0.1, 0.15) is 5.56 Å². The molecule has 0 atom stereocenters. The quantitative estimate of drug-likeness (QED) is 0.847. The van der Waals surface area contributed by atoms with Crippen LogP contribution in [0.25, 0.3) is 0 Å². The lowest BCUT2D eigenvalue weighted by molar-refractivity contribution is -0.116. The first-order valence-corrected chi connectivity index (χ1v) is 8.95. The maximum absolute atomic E-state index is 13.7. The Morgan fingerprint density at radius 3 is 2.32 bits per heavy atom. The molecule has 2 aromatic rings. The number of nitrogens with one attached hydrogen (secondary N) is 1. The largest absolute Gasteiger partial charge is 0.325 e. The summed E-state index contributed by atoms with van der Waals surface area (Å²) < 4.78 is 64.2. The molecule has 5 nitrogen and oxygen atoms in total. The molecule has 0 heterocycles. The summed E-state index contributed by atoms with van der Waals surface area (Å²) in [5, 5.41) is 2.27. The molecule has 25 heavy (non-hydrogen) atoms. The van der Waals surface area contributed by atoms with Crippen molar-refractivity contribution in [2.45, 2.75) is 6.54 Å². The van der Waals surface area contributed by atoms with E-state index in [1.54, 1.807) is 6.07 Å². The van der Waals surface area contributed by atoms with Crippen LogP contribution >= 0.6 is 0 Å². The minimum atomic E-state index is -3.81. The molecular formula is C16H15F3N2O3S. The maximum Gasteiger partial charge on any atom is 0.239 e. The summed E-state index contributed by atoms with van der Waals surface area (Å²) in [6, 6.07) is 8.32. The maximum atomic E-state index is 13.7. The van der Waals surface area contributed by atoms with Crippen molar-refractivity contribution in [2.24, 2.45) is 0 Å². The zero-order valence-electron chi connectivity index (χ0n) is 13.2. The Morgan fingerprint density at radius 1 is 1.04 bits per heavy atom. The second kappa shape index (κ2) is 7.66. The molecular weight excluding hydrogens is 357 g/mol. The van der Waals surface area contributed by atoms with Crippen molar-refractivity contribution in [2.75, 3.05) is 18.1 Å². The standard InChI is InChI=1S/C16H15F3N2O3S/c1-25(23,24)21(9-11-4-2-3-5-13(11)17)10-16(22)20-12-6-7-14(18)15(19)8-12/h2-8H,9-10H2,1H3,(H,20,22). The number of hydrogen-bond donors (Lipinski definition) is 1. The van der Waals surface area contributed by atoms with E-state index in [0.717, 1.165) is 28.8 Å². The lowest BCUT2D eigenvalue weighted by Gasteiger charge is -2.20. The highest BCUT2D eigenvalue weighted by molar-refractivity contribution is 7.88. The van der Waals surface area contributed by atoms with Crippen LogP contribution in [0.2, 0.25) is 0 Å². The molecule has 0 radical (unpaired) electrons. The van der Waals surface area contributed by atoms with Crippen molar-refractivity contribution in [1.82, 2.24) is 4.31 Å². The Balaban J connectivity index is 2.13. The van der Waals surface area contributed by atoms with Crippen molar-refractivity contribution in [3.63, 3.8) is 0 Å². The number of sulfonamides is 1. The van der Waals surface area contributed by atoms with Crippen LogP contribution < -0.4 is 5.32 Å².